The topological polar surface area (TPSA) is 80.5 Å². The normalized spacial score (nSPS) is 32.6. The third kappa shape index (κ3) is 3.67. The lowest BCUT2D eigenvalue weighted by molar-refractivity contribution is -0.0629. The van der Waals surface area contributed by atoms with E-state index in [4.69, 9.17) is 5.14 Å². The van der Waals surface area contributed by atoms with Crippen LogP contribution in [0.1, 0.15) is 54.4 Å². The van der Waals surface area contributed by atoms with Crippen LogP contribution >= 0.6 is 0 Å². The molecular formula is C20H28N2O3S. The van der Waals surface area contributed by atoms with E-state index in [1.807, 2.05) is 11.9 Å². The van der Waals surface area contributed by atoms with Crippen LogP contribution < -0.4 is 5.14 Å². The average molecular weight is 377 g/mol. The van der Waals surface area contributed by atoms with Crippen molar-refractivity contribution in [2.45, 2.75) is 44.3 Å². The van der Waals surface area contributed by atoms with Crippen LogP contribution in [0.15, 0.2) is 24.3 Å². The zero-order chi connectivity index (χ0) is 18.5. The maximum Gasteiger partial charge on any atom is 0.253 e. The van der Waals surface area contributed by atoms with Gasteiger partial charge in [-0.15, -0.1) is 0 Å². The molecule has 6 heteroatoms. The second kappa shape index (κ2) is 6.34. The molecule has 0 atom stereocenters. The Morgan fingerprint density at radius 2 is 1.58 bits per heavy atom. The highest BCUT2D eigenvalue weighted by molar-refractivity contribution is 7.88. The van der Waals surface area contributed by atoms with Crippen molar-refractivity contribution >= 4 is 15.9 Å². The third-order valence-corrected chi connectivity index (χ3v) is 7.39. The van der Waals surface area contributed by atoms with E-state index in [-0.39, 0.29) is 11.7 Å². The van der Waals surface area contributed by atoms with Gasteiger partial charge in [0, 0.05) is 19.2 Å². The van der Waals surface area contributed by atoms with Crippen LogP contribution in [0.3, 0.4) is 0 Å². The molecule has 0 spiro atoms. The van der Waals surface area contributed by atoms with E-state index in [1.54, 1.807) is 24.3 Å². The molecule has 1 aromatic carbocycles. The summed E-state index contributed by atoms with van der Waals surface area (Å²) in [5.41, 5.74) is 1.54. The van der Waals surface area contributed by atoms with Crippen LogP contribution in [-0.4, -0.2) is 32.8 Å². The third-order valence-electron chi connectivity index (χ3n) is 6.65. The van der Waals surface area contributed by atoms with E-state index in [0.717, 1.165) is 24.3 Å². The summed E-state index contributed by atoms with van der Waals surface area (Å²) in [6.07, 6.45) is 8.06. The smallest absolute Gasteiger partial charge is 0.253 e. The van der Waals surface area contributed by atoms with Crippen LogP contribution in [-0.2, 0) is 15.8 Å². The zero-order valence-electron chi connectivity index (χ0n) is 15.4. The molecule has 142 valence electrons. The number of hydrogen-bond donors (Lipinski definition) is 1. The van der Waals surface area contributed by atoms with Gasteiger partial charge in [0.05, 0.1) is 5.75 Å². The zero-order valence-corrected chi connectivity index (χ0v) is 16.2. The highest BCUT2D eigenvalue weighted by atomic mass is 32.2. The molecule has 0 unspecified atom stereocenters. The van der Waals surface area contributed by atoms with Crippen molar-refractivity contribution in [3.63, 3.8) is 0 Å². The maximum absolute atomic E-state index is 12.8. The minimum absolute atomic E-state index is 0.0166. The van der Waals surface area contributed by atoms with Crippen LogP contribution in [0.5, 0.6) is 0 Å². The van der Waals surface area contributed by atoms with E-state index >= 15 is 0 Å². The molecule has 4 aliphatic carbocycles. The molecule has 0 aliphatic heterocycles. The summed E-state index contributed by atoms with van der Waals surface area (Å²) >= 11 is 0. The van der Waals surface area contributed by atoms with Gasteiger partial charge in [0.25, 0.3) is 5.91 Å². The molecular weight excluding hydrogens is 348 g/mol. The molecule has 4 bridgehead atoms. The fraction of sp³-hybridized carbons (Fsp3) is 0.650. The van der Waals surface area contributed by atoms with Crippen molar-refractivity contribution in [3.05, 3.63) is 35.4 Å². The molecule has 0 heterocycles. The number of nitrogens with zero attached hydrogens (tertiary/aromatic N) is 1. The van der Waals surface area contributed by atoms with E-state index < -0.39 is 10.0 Å². The first-order valence-electron chi connectivity index (χ1n) is 9.56. The van der Waals surface area contributed by atoms with Gasteiger partial charge < -0.3 is 4.90 Å². The predicted octanol–water partition coefficient (Wildman–Crippen LogP) is 2.76. The number of amides is 1. The molecule has 0 saturated heterocycles. The van der Waals surface area contributed by atoms with E-state index in [2.05, 4.69) is 0 Å². The van der Waals surface area contributed by atoms with Crippen LogP contribution in [0.4, 0.5) is 0 Å². The Kier molecular flexibility index (Phi) is 4.39. The first-order valence-corrected chi connectivity index (χ1v) is 11.3. The Bertz CT molecular complexity index is 766. The van der Waals surface area contributed by atoms with Crippen molar-refractivity contribution in [1.29, 1.82) is 0 Å². The number of sulfonamides is 1. The van der Waals surface area contributed by atoms with Gasteiger partial charge in [-0.3, -0.25) is 4.79 Å². The molecule has 0 aromatic heterocycles. The summed E-state index contributed by atoms with van der Waals surface area (Å²) < 4.78 is 22.4. The molecule has 1 amide bonds. The van der Waals surface area contributed by atoms with Gasteiger partial charge >= 0.3 is 0 Å². The van der Waals surface area contributed by atoms with E-state index in [0.29, 0.717) is 16.5 Å². The lowest BCUT2D eigenvalue weighted by Crippen LogP contribution is -2.51. The fourth-order valence-electron chi connectivity index (χ4n) is 6.25. The van der Waals surface area contributed by atoms with Gasteiger partial charge in [0.15, 0.2) is 0 Å². The Morgan fingerprint density at radius 1 is 1.08 bits per heavy atom. The number of nitrogens with two attached hydrogens (primary N) is 1. The fourth-order valence-corrected chi connectivity index (χ4v) is 6.91. The molecule has 5 rings (SSSR count). The van der Waals surface area contributed by atoms with Crippen LogP contribution in [0.2, 0.25) is 0 Å². The maximum atomic E-state index is 12.8. The Morgan fingerprint density at radius 3 is 2.04 bits per heavy atom. The number of primary sulfonamides is 1. The Hall–Kier alpha value is -1.40. The predicted molar refractivity (Wildman–Crippen MR) is 101 cm³/mol. The Labute approximate surface area is 156 Å². The molecule has 2 N–H and O–H groups in total. The van der Waals surface area contributed by atoms with Gasteiger partial charge in [-0.2, -0.15) is 0 Å². The quantitative estimate of drug-likeness (QED) is 0.858. The van der Waals surface area contributed by atoms with Crippen LogP contribution in [0, 0.1) is 23.2 Å². The van der Waals surface area contributed by atoms with Gasteiger partial charge in [0.1, 0.15) is 0 Å². The number of carbonyl (C=O) groups excluding carboxylic acids is 1. The minimum atomic E-state index is -3.55. The molecule has 1 aromatic rings. The van der Waals surface area contributed by atoms with Crippen molar-refractivity contribution < 1.29 is 13.2 Å². The summed E-state index contributed by atoms with van der Waals surface area (Å²) in [5, 5.41) is 5.08. The van der Waals surface area contributed by atoms with Gasteiger partial charge in [0.2, 0.25) is 10.0 Å². The lowest BCUT2D eigenvalue weighted by atomic mass is 9.49. The van der Waals surface area contributed by atoms with Crippen molar-refractivity contribution in [2.24, 2.45) is 28.3 Å². The minimum Gasteiger partial charge on any atom is -0.341 e. The monoisotopic (exact) mass is 376 g/mol. The molecule has 4 saturated carbocycles. The number of rotatable bonds is 5. The average Bonchev–Trinajstić information content (AvgIpc) is 2.51. The van der Waals surface area contributed by atoms with Crippen molar-refractivity contribution in [3.8, 4) is 0 Å². The van der Waals surface area contributed by atoms with E-state index in [1.165, 1.54) is 38.5 Å². The lowest BCUT2D eigenvalue weighted by Gasteiger charge is -2.57. The largest absolute Gasteiger partial charge is 0.341 e. The highest BCUT2D eigenvalue weighted by Crippen LogP contribution is 2.60. The molecule has 0 radical (unpaired) electrons. The summed E-state index contributed by atoms with van der Waals surface area (Å²) in [7, 11) is -1.65. The van der Waals surface area contributed by atoms with Gasteiger partial charge in [-0.1, -0.05) is 12.1 Å². The highest BCUT2D eigenvalue weighted by Gasteiger charge is 2.51. The summed E-state index contributed by atoms with van der Waals surface area (Å²) in [6.45, 7) is 0.842. The summed E-state index contributed by atoms with van der Waals surface area (Å²) in [5.74, 6) is 2.44. The molecule has 4 aliphatic rings. The second-order valence-corrected chi connectivity index (χ2v) is 10.7. The van der Waals surface area contributed by atoms with E-state index in [9.17, 15) is 13.2 Å². The molecule has 4 fully saturated rings. The van der Waals surface area contributed by atoms with Gasteiger partial charge in [-0.05, 0) is 79.4 Å². The number of carbonyl (C=O) groups is 1. The number of benzene rings is 1. The number of hydrogen-bond acceptors (Lipinski definition) is 3. The standard InChI is InChI=1S/C20H28N2O3S/c1-22(13-20-9-15-6-16(10-20)8-17(7-15)11-20)19(23)18-4-2-14(3-5-18)12-26(21,24)25/h2-5,15-17H,6-13H2,1H3,(H2,21,24,25). The molecule has 26 heavy (non-hydrogen) atoms. The van der Waals surface area contributed by atoms with Crippen LogP contribution in [0.25, 0.3) is 0 Å². The van der Waals surface area contributed by atoms with Crippen molar-refractivity contribution in [2.75, 3.05) is 13.6 Å². The Balaban J connectivity index is 1.43. The summed E-state index contributed by atoms with van der Waals surface area (Å²) in [4.78, 5) is 14.7. The molecule has 5 nitrogen and oxygen atoms in total. The first kappa shape index (κ1) is 18.0. The first-order chi connectivity index (χ1) is 12.2. The summed E-state index contributed by atoms with van der Waals surface area (Å²) in [6, 6.07) is 6.77. The van der Waals surface area contributed by atoms with Gasteiger partial charge in [-0.25, -0.2) is 13.6 Å². The van der Waals surface area contributed by atoms with Crippen molar-refractivity contribution in [1.82, 2.24) is 4.90 Å². The SMILES string of the molecule is CN(CC12CC3CC(CC(C3)C1)C2)C(=O)c1ccc(CS(N)(=O)=O)cc1. The second-order valence-electron chi connectivity index (χ2n) is 9.08.